The van der Waals surface area contributed by atoms with Crippen LogP contribution in [0, 0.1) is 6.92 Å². The molecule has 2 aromatic rings. The van der Waals surface area contributed by atoms with E-state index in [-0.39, 0.29) is 12.1 Å². The van der Waals surface area contributed by atoms with Gasteiger partial charge in [0.2, 0.25) is 0 Å². The molecule has 6 heteroatoms. The predicted octanol–water partition coefficient (Wildman–Crippen LogP) is 3.04. The van der Waals surface area contributed by atoms with Gasteiger partial charge in [-0.1, -0.05) is 12.1 Å². The fraction of sp³-hybridized carbons (Fsp3) is 0.353. The van der Waals surface area contributed by atoms with E-state index in [1.54, 1.807) is 23.3 Å². The summed E-state index contributed by atoms with van der Waals surface area (Å²) in [4.78, 5) is 15.1. The van der Waals surface area contributed by atoms with Crippen LogP contribution in [-0.2, 0) is 6.54 Å². The monoisotopic (exact) mass is 332 g/mol. The SMILES string of the molecule is Cc1ccsc1CN(C)C(=O)NCC1COc2ccccc2O1. The van der Waals surface area contributed by atoms with Crippen LogP contribution in [0.5, 0.6) is 11.5 Å². The third-order valence-corrected chi connectivity index (χ3v) is 4.75. The van der Waals surface area contributed by atoms with Crippen LogP contribution in [0.1, 0.15) is 10.4 Å². The Morgan fingerprint density at radius 2 is 2.13 bits per heavy atom. The topological polar surface area (TPSA) is 50.8 Å². The molecule has 1 aromatic heterocycles. The number of hydrogen-bond donors (Lipinski definition) is 1. The first-order valence-electron chi connectivity index (χ1n) is 7.54. The smallest absolute Gasteiger partial charge is 0.317 e. The number of carbonyl (C=O) groups is 1. The van der Waals surface area contributed by atoms with E-state index in [1.807, 2.05) is 29.6 Å². The van der Waals surface area contributed by atoms with Gasteiger partial charge in [0.15, 0.2) is 17.6 Å². The minimum Gasteiger partial charge on any atom is -0.486 e. The second-order valence-electron chi connectivity index (χ2n) is 5.57. The number of nitrogens with one attached hydrogen (secondary N) is 1. The van der Waals surface area contributed by atoms with E-state index in [4.69, 9.17) is 9.47 Å². The summed E-state index contributed by atoms with van der Waals surface area (Å²) in [6.07, 6.45) is -0.175. The third-order valence-electron chi connectivity index (χ3n) is 3.74. The zero-order chi connectivity index (χ0) is 16.2. The fourth-order valence-electron chi connectivity index (χ4n) is 2.35. The lowest BCUT2D eigenvalue weighted by molar-refractivity contribution is 0.0904. The number of urea groups is 1. The number of ether oxygens (including phenoxy) is 2. The molecule has 0 bridgehead atoms. The highest BCUT2D eigenvalue weighted by Gasteiger charge is 2.21. The van der Waals surface area contributed by atoms with Crippen molar-refractivity contribution >= 4 is 17.4 Å². The van der Waals surface area contributed by atoms with Crippen molar-refractivity contribution in [2.24, 2.45) is 0 Å². The molecule has 1 N–H and O–H groups in total. The van der Waals surface area contributed by atoms with Gasteiger partial charge in [0.05, 0.1) is 13.1 Å². The minimum atomic E-state index is -0.175. The van der Waals surface area contributed by atoms with Gasteiger partial charge in [0, 0.05) is 11.9 Å². The molecule has 23 heavy (non-hydrogen) atoms. The van der Waals surface area contributed by atoms with Crippen LogP contribution in [0.15, 0.2) is 35.7 Å². The van der Waals surface area contributed by atoms with Crippen LogP contribution in [0.25, 0.3) is 0 Å². The van der Waals surface area contributed by atoms with E-state index in [9.17, 15) is 4.79 Å². The van der Waals surface area contributed by atoms with E-state index in [1.165, 1.54) is 10.4 Å². The zero-order valence-corrected chi connectivity index (χ0v) is 14.1. The standard InChI is InChI=1S/C17H20N2O3S/c1-12-7-8-23-16(12)10-19(2)17(20)18-9-13-11-21-14-5-3-4-6-15(14)22-13/h3-8,13H,9-11H2,1-2H3,(H,18,20). The molecular weight excluding hydrogens is 312 g/mol. The number of amides is 2. The molecule has 1 atom stereocenters. The van der Waals surface area contributed by atoms with Crippen molar-refractivity contribution in [3.8, 4) is 11.5 Å². The lowest BCUT2D eigenvalue weighted by Gasteiger charge is -2.27. The second-order valence-corrected chi connectivity index (χ2v) is 6.57. The number of thiophene rings is 1. The molecule has 1 unspecified atom stereocenters. The number of rotatable bonds is 4. The van der Waals surface area contributed by atoms with E-state index < -0.39 is 0 Å². The number of aryl methyl sites for hydroxylation is 1. The van der Waals surface area contributed by atoms with Gasteiger partial charge in [0.1, 0.15) is 6.61 Å². The highest BCUT2D eigenvalue weighted by atomic mass is 32.1. The van der Waals surface area contributed by atoms with Gasteiger partial charge < -0.3 is 19.7 Å². The molecule has 2 amide bonds. The summed E-state index contributed by atoms with van der Waals surface area (Å²) in [7, 11) is 1.79. The maximum atomic E-state index is 12.2. The Bertz CT molecular complexity index is 686. The summed E-state index contributed by atoms with van der Waals surface area (Å²) in [5.41, 5.74) is 1.22. The van der Waals surface area contributed by atoms with Crippen LogP contribution in [0.4, 0.5) is 4.79 Å². The quantitative estimate of drug-likeness (QED) is 0.936. The third kappa shape index (κ3) is 3.76. The van der Waals surface area contributed by atoms with Crippen molar-refractivity contribution < 1.29 is 14.3 Å². The number of nitrogens with zero attached hydrogens (tertiary/aromatic N) is 1. The van der Waals surface area contributed by atoms with Gasteiger partial charge in [-0.2, -0.15) is 0 Å². The molecular formula is C17H20N2O3S. The summed E-state index contributed by atoms with van der Waals surface area (Å²) < 4.78 is 11.5. The van der Waals surface area contributed by atoms with Crippen molar-refractivity contribution in [1.29, 1.82) is 0 Å². The molecule has 0 saturated carbocycles. The highest BCUT2D eigenvalue weighted by molar-refractivity contribution is 7.10. The number of hydrogen-bond acceptors (Lipinski definition) is 4. The Labute approximate surface area is 139 Å². The Morgan fingerprint density at radius 1 is 1.35 bits per heavy atom. The number of carbonyl (C=O) groups excluding carboxylic acids is 1. The Hall–Kier alpha value is -2.21. The maximum Gasteiger partial charge on any atom is 0.317 e. The first kappa shape index (κ1) is 15.7. The summed E-state index contributed by atoms with van der Waals surface area (Å²) >= 11 is 1.67. The fourth-order valence-corrected chi connectivity index (χ4v) is 3.31. The summed E-state index contributed by atoms with van der Waals surface area (Å²) in [5, 5.41) is 4.94. The number of para-hydroxylation sites is 2. The normalized spacial score (nSPS) is 16.0. The van der Waals surface area contributed by atoms with Gasteiger partial charge in [-0.05, 0) is 36.1 Å². The average Bonchev–Trinajstić information content (AvgIpc) is 2.97. The molecule has 1 aliphatic heterocycles. The van der Waals surface area contributed by atoms with Crippen molar-refractivity contribution in [2.45, 2.75) is 19.6 Å². The van der Waals surface area contributed by atoms with Crippen molar-refractivity contribution in [3.63, 3.8) is 0 Å². The predicted molar refractivity (Wildman–Crippen MR) is 90.3 cm³/mol. The van der Waals surface area contributed by atoms with Gasteiger partial charge in [-0.3, -0.25) is 0 Å². The second kappa shape index (κ2) is 6.91. The summed E-state index contributed by atoms with van der Waals surface area (Å²) in [5.74, 6) is 1.47. The molecule has 1 aliphatic rings. The van der Waals surface area contributed by atoms with Gasteiger partial charge in [-0.25, -0.2) is 4.79 Å². The first-order chi connectivity index (χ1) is 11.1. The van der Waals surface area contributed by atoms with Crippen molar-refractivity contribution in [1.82, 2.24) is 10.2 Å². The lowest BCUT2D eigenvalue weighted by atomic mass is 10.2. The molecule has 0 saturated heterocycles. The number of fused-ring (bicyclic) bond motifs is 1. The number of benzene rings is 1. The average molecular weight is 332 g/mol. The Morgan fingerprint density at radius 3 is 2.87 bits per heavy atom. The molecule has 5 nitrogen and oxygen atoms in total. The highest BCUT2D eigenvalue weighted by Crippen LogP contribution is 2.30. The summed E-state index contributed by atoms with van der Waals surface area (Å²) in [6, 6.07) is 9.51. The molecule has 0 spiro atoms. The van der Waals surface area contributed by atoms with Crippen LogP contribution >= 0.6 is 11.3 Å². The molecule has 122 valence electrons. The molecule has 1 aromatic carbocycles. The largest absolute Gasteiger partial charge is 0.486 e. The molecule has 0 fully saturated rings. The van der Waals surface area contributed by atoms with E-state index in [0.29, 0.717) is 19.7 Å². The van der Waals surface area contributed by atoms with E-state index in [0.717, 1.165) is 11.5 Å². The van der Waals surface area contributed by atoms with Gasteiger partial charge >= 0.3 is 6.03 Å². The Kier molecular flexibility index (Phi) is 4.71. The molecule has 0 radical (unpaired) electrons. The summed E-state index contributed by atoms with van der Waals surface area (Å²) in [6.45, 7) is 3.52. The van der Waals surface area contributed by atoms with E-state index in [2.05, 4.69) is 18.3 Å². The van der Waals surface area contributed by atoms with Gasteiger partial charge in [-0.15, -0.1) is 11.3 Å². The lowest BCUT2D eigenvalue weighted by Crippen LogP contribution is -2.44. The van der Waals surface area contributed by atoms with Gasteiger partial charge in [0.25, 0.3) is 0 Å². The van der Waals surface area contributed by atoms with E-state index >= 15 is 0 Å². The maximum absolute atomic E-state index is 12.2. The van der Waals surface area contributed by atoms with Crippen LogP contribution in [-0.4, -0.2) is 37.2 Å². The Balaban J connectivity index is 1.49. The van der Waals surface area contributed by atoms with Crippen LogP contribution in [0.3, 0.4) is 0 Å². The minimum absolute atomic E-state index is 0.111. The van der Waals surface area contributed by atoms with Crippen molar-refractivity contribution in [3.05, 3.63) is 46.2 Å². The molecule has 3 rings (SSSR count). The van der Waals surface area contributed by atoms with Crippen LogP contribution in [0.2, 0.25) is 0 Å². The van der Waals surface area contributed by atoms with Crippen LogP contribution < -0.4 is 14.8 Å². The zero-order valence-electron chi connectivity index (χ0n) is 13.2. The molecule has 0 aliphatic carbocycles. The first-order valence-corrected chi connectivity index (χ1v) is 8.42. The van der Waals surface area contributed by atoms with Crippen molar-refractivity contribution in [2.75, 3.05) is 20.2 Å². The molecule has 2 heterocycles.